The smallest absolute Gasteiger partial charge is 0.353 e. The van der Waals surface area contributed by atoms with E-state index in [2.05, 4.69) is 4.57 Å². The lowest BCUT2D eigenvalue weighted by molar-refractivity contribution is -0.684. The Labute approximate surface area is 144 Å². The van der Waals surface area contributed by atoms with Crippen LogP contribution in [0.3, 0.4) is 0 Å². The number of carbonyl (C=O) groups is 2. The largest absolute Gasteiger partial charge is 0.477 e. The van der Waals surface area contributed by atoms with E-state index in [1.165, 1.54) is 16.7 Å². The number of aliphatic carboxylic acids is 1. The lowest BCUT2D eigenvalue weighted by Gasteiger charge is -2.43. The molecule has 1 aromatic heterocycles. The summed E-state index contributed by atoms with van der Waals surface area (Å²) in [6.45, 7) is 1.97. The molecule has 2 aliphatic heterocycles. The Morgan fingerprint density at radius 2 is 2.21 bits per heavy atom. The summed E-state index contributed by atoms with van der Waals surface area (Å²) in [5, 5.41) is 18.6. The van der Waals surface area contributed by atoms with Crippen molar-refractivity contribution in [2.45, 2.75) is 31.6 Å². The van der Waals surface area contributed by atoms with Gasteiger partial charge in [-0.25, -0.2) is 9.36 Å². The van der Waals surface area contributed by atoms with Crippen molar-refractivity contribution in [3.05, 3.63) is 40.2 Å². The fraction of sp³-hybridized carbons (Fsp3) is 0.471. The van der Waals surface area contributed by atoms with Crippen LogP contribution in [0.25, 0.3) is 0 Å². The number of carboxylic acid groups (broad SMARTS) is 1. The molecule has 0 aliphatic carbocycles. The van der Waals surface area contributed by atoms with Crippen molar-refractivity contribution in [3.63, 3.8) is 0 Å². The maximum atomic E-state index is 12.2. The number of hydrogen-bond acceptors (Lipinski definition) is 4. The zero-order valence-electron chi connectivity index (χ0n) is 13.7. The summed E-state index contributed by atoms with van der Waals surface area (Å²) >= 11 is 1.49. The minimum Gasteiger partial charge on any atom is -0.477 e. The molecule has 1 amide bonds. The van der Waals surface area contributed by atoms with Crippen molar-refractivity contribution in [2.75, 3.05) is 6.61 Å². The highest BCUT2D eigenvalue weighted by Crippen LogP contribution is 2.47. The standard InChI is InChI=1S/C17H20N2O4S/c1-10-4-3-5-11(18(10)2)9-24-14-8-13-12(6-7-20)16(21)19(13)15(14)17(22)23/h3-5,12-13,20H,6-9H2,1-2H3/p+1/t12-,13+/m0/s1. The average Bonchev–Trinajstić information content (AvgIpc) is 2.89. The molecule has 0 spiro atoms. The number of aliphatic hydroxyl groups is 1. The fourth-order valence-corrected chi connectivity index (χ4v) is 4.62. The Morgan fingerprint density at radius 3 is 2.88 bits per heavy atom. The Balaban J connectivity index is 1.79. The van der Waals surface area contributed by atoms with Gasteiger partial charge in [-0.3, -0.25) is 4.79 Å². The van der Waals surface area contributed by atoms with E-state index in [0.29, 0.717) is 18.6 Å². The van der Waals surface area contributed by atoms with E-state index in [4.69, 9.17) is 5.11 Å². The Hall–Kier alpha value is -1.86. The second-order valence-corrected chi connectivity index (χ2v) is 7.25. The predicted octanol–water partition coefficient (Wildman–Crippen LogP) is 0.962. The van der Waals surface area contributed by atoms with Gasteiger partial charge in [-0.2, -0.15) is 0 Å². The molecule has 0 unspecified atom stereocenters. The van der Waals surface area contributed by atoms with E-state index < -0.39 is 5.97 Å². The monoisotopic (exact) mass is 349 g/mol. The van der Waals surface area contributed by atoms with Gasteiger partial charge in [-0.1, -0.05) is 0 Å². The van der Waals surface area contributed by atoms with Crippen LogP contribution in [0.4, 0.5) is 0 Å². The normalized spacial score (nSPS) is 22.6. The lowest BCUT2D eigenvalue weighted by Crippen LogP contribution is -2.58. The van der Waals surface area contributed by atoms with E-state index in [9.17, 15) is 14.7 Å². The van der Waals surface area contributed by atoms with Crippen LogP contribution in [0.5, 0.6) is 0 Å². The van der Waals surface area contributed by atoms with Crippen LogP contribution >= 0.6 is 11.8 Å². The summed E-state index contributed by atoms with van der Waals surface area (Å²) in [7, 11) is 1.99. The SMILES string of the molecule is Cc1cccc(CSC2=C(C(=O)O)N3C(=O)[C@@H](CCO)[C@H]3C2)[n+]1C. The van der Waals surface area contributed by atoms with Gasteiger partial charge < -0.3 is 15.1 Å². The summed E-state index contributed by atoms with van der Waals surface area (Å²) in [5.41, 5.74) is 2.36. The number of aromatic nitrogens is 1. The van der Waals surface area contributed by atoms with Crippen molar-refractivity contribution in [1.29, 1.82) is 0 Å². The van der Waals surface area contributed by atoms with Crippen LogP contribution in [0.1, 0.15) is 24.2 Å². The third-order valence-electron chi connectivity index (χ3n) is 4.87. The van der Waals surface area contributed by atoms with Crippen LogP contribution < -0.4 is 4.57 Å². The van der Waals surface area contributed by atoms with E-state index in [1.54, 1.807) is 0 Å². The number of fused-ring (bicyclic) bond motifs is 1. The number of aliphatic hydroxyl groups excluding tert-OH is 1. The molecule has 3 rings (SSSR count). The van der Waals surface area contributed by atoms with E-state index in [-0.39, 0.29) is 30.2 Å². The molecule has 128 valence electrons. The number of aryl methyl sites for hydroxylation is 1. The van der Waals surface area contributed by atoms with Gasteiger partial charge in [0.25, 0.3) is 0 Å². The average molecular weight is 349 g/mol. The topological polar surface area (TPSA) is 81.7 Å². The van der Waals surface area contributed by atoms with Gasteiger partial charge in [0.1, 0.15) is 12.7 Å². The summed E-state index contributed by atoms with van der Waals surface area (Å²) in [5.74, 6) is -0.825. The number of carbonyl (C=O) groups excluding carboxylic acids is 1. The molecule has 6 nitrogen and oxygen atoms in total. The molecule has 1 fully saturated rings. The van der Waals surface area contributed by atoms with E-state index in [0.717, 1.165) is 16.3 Å². The van der Waals surface area contributed by atoms with Crippen LogP contribution in [-0.4, -0.2) is 39.6 Å². The number of pyridine rings is 1. The number of carboxylic acids is 1. The minimum absolute atomic E-state index is 0.0508. The molecule has 0 aromatic carbocycles. The highest BCUT2D eigenvalue weighted by molar-refractivity contribution is 8.02. The first-order valence-electron chi connectivity index (χ1n) is 7.93. The molecule has 0 bridgehead atoms. The molecule has 2 N–H and O–H groups in total. The first-order chi connectivity index (χ1) is 11.5. The van der Waals surface area contributed by atoms with Crippen molar-refractivity contribution in [2.24, 2.45) is 13.0 Å². The van der Waals surface area contributed by atoms with Gasteiger partial charge in [0, 0.05) is 37.0 Å². The number of β-lactam (4-membered cyclic amide) rings is 1. The second-order valence-electron chi connectivity index (χ2n) is 6.18. The van der Waals surface area contributed by atoms with Crippen LogP contribution in [0.15, 0.2) is 28.8 Å². The lowest BCUT2D eigenvalue weighted by atomic mass is 9.85. The van der Waals surface area contributed by atoms with Crippen molar-refractivity contribution < 1.29 is 24.4 Å². The molecule has 0 saturated carbocycles. The summed E-state index contributed by atoms with van der Waals surface area (Å²) < 4.78 is 2.08. The molecule has 2 atom stereocenters. The number of rotatable bonds is 6. The van der Waals surface area contributed by atoms with E-state index >= 15 is 0 Å². The molecule has 1 aromatic rings. The number of nitrogens with zero attached hydrogens (tertiary/aromatic N) is 2. The molecular weight excluding hydrogens is 328 g/mol. The van der Waals surface area contributed by atoms with E-state index in [1.807, 2.05) is 32.2 Å². The Bertz CT molecular complexity index is 731. The molecule has 3 heterocycles. The highest BCUT2D eigenvalue weighted by atomic mass is 32.2. The van der Waals surface area contributed by atoms with Gasteiger partial charge >= 0.3 is 5.97 Å². The van der Waals surface area contributed by atoms with Crippen LogP contribution in [0.2, 0.25) is 0 Å². The molecular formula is C17H21N2O4S+. The number of hydrogen-bond donors (Lipinski definition) is 2. The summed E-state index contributed by atoms with van der Waals surface area (Å²) in [6.07, 6.45) is 0.968. The molecule has 2 aliphatic rings. The quantitative estimate of drug-likeness (QED) is 0.591. The van der Waals surface area contributed by atoms with Gasteiger partial charge in [0.15, 0.2) is 11.4 Å². The van der Waals surface area contributed by atoms with Crippen LogP contribution in [-0.2, 0) is 22.4 Å². The number of amides is 1. The van der Waals surface area contributed by atoms with Crippen molar-refractivity contribution >= 4 is 23.6 Å². The third kappa shape index (κ3) is 2.71. The number of thioether (sulfide) groups is 1. The van der Waals surface area contributed by atoms with Gasteiger partial charge in [0.05, 0.1) is 17.7 Å². The minimum atomic E-state index is -1.05. The van der Waals surface area contributed by atoms with Crippen LogP contribution in [0, 0.1) is 12.8 Å². The maximum absolute atomic E-state index is 12.2. The Kier molecular flexibility index (Phi) is 4.64. The highest BCUT2D eigenvalue weighted by Gasteiger charge is 2.54. The zero-order chi connectivity index (χ0) is 17.4. The summed E-state index contributed by atoms with van der Waals surface area (Å²) in [4.78, 5) is 26.0. The first-order valence-corrected chi connectivity index (χ1v) is 8.92. The second kappa shape index (κ2) is 6.57. The van der Waals surface area contributed by atoms with Gasteiger partial charge in [-0.05, 0) is 12.5 Å². The molecule has 7 heteroatoms. The van der Waals surface area contributed by atoms with Crippen molar-refractivity contribution in [1.82, 2.24) is 4.90 Å². The first kappa shape index (κ1) is 17.0. The van der Waals surface area contributed by atoms with Gasteiger partial charge in [0.2, 0.25) is 5.91 Å². The van der Waals surface area contributed by atoms with Crippen molar-refractivity contribution in [3.8, 4) is 0 Å². The molecule has 24 heavy (non-hydrogen) atoms. The molecule has 1 saturated heterocycles. The third-order valence-corrected chi connectivity index (χ3v) is 6.02. The fourth-order valence-electron chi connectivity index (χ4n) is 3.39. The summed E-state index contributed by atoms with van der Waals surface area (Å²) in [6, 6.07) is 5.92. The van der Waals surface area contributed by atoms with Gasteiger partial charge in [-0.15, -0.1) is 11.8 Å². The zero-order valence-corrected chi connectivity index (χ0v) is 14.5. The Morgan fingerprint density at radius 1 is 1.46 bits per heavy atom. The predicted molar refractivity (Wildman–Crippen MR) is 88.8 cm³/mol. The maximum Gasteiger partial charge on any atom is 0.353 e. The molecule has 0 radical (unpaired) electrons.